The van der Waals surface area contributed by atoms with Crippen molar-refractivity contribution in [2.45, 2.75) is 6.92 Å². The second-order valence-corrected chi connectivity index (χ2v) is 3.28. The SMILES string of the molecule is CC(=NN=C(N)N)c1cnc2ccccn12. The first-order valence-electron chi connectivity index (χ1n) is 4.74. The number of nitrogens with zero attached hydrogens (tertiary/aromatic N) is 4. The predicted molar refractivity (Wildman–Crippen MR) is 63.2 cm³/mol. The summed E-state index contributed by atoms with van der Waals surface area (Å²) in [6, 6.07) is 5.76. The predicted octanol–water partition coefficient (Wildman–Crippen LogP) is 0.332. The van der Waals surface area contributed by atoms with E-state index in [2.05, 4.69) is 15.2 Å². The largest absolute Gasteiger partial charge is 0.369 e. The third-order valence-corrected chi connectivity index (χ3v) is 2.10. The molecule has 0 aliphatic rings. The standard InChI is InChI=1S/C10H12N6/c1-7(14-15-10(11)12)8-6-13-9-4-2-3-5-16(8)9/h2-6H,1H3,(H4,11,12,15). The van der Waals surface area contributed by atoms with Gasteiger partial charge < -0.3 is 11.5 Å². The highest BCUT2D eigenvalue weighted by atomic mass is 15.3. The van der Waals surface area contributed by atoms with Crippen LogP contribution in [0.15, 0.2) is 40.8 Å². The maximum absolute atomic E-state index is 5.20. The van der Waals surface area contributed by atoms with Crippen LogP contribution in [0.4, 0.5) is 0 Å². The second kappa shape index (κ2) is 4.01. The molecular weight excluding hydrogens is 204 g/mol. The quantitative estimate of drug-likeness (QED) is 0.430. The van der Waals surface area contributed by atoms with E-state index < -0.39 is 0 Å². The number of pyridine rings is 1. The van der Waals surface area contributed by atoms with Crippen LogP contribution < -0.4 is 11.5 Å². The molecule has 0 amide bonds. The fraction of sp³-hybridized carbons (Fsp3) is 0.100. The molecule has 2 aromatic rings. The maximum atomic E-state index is 5.20. The van der Waals surface area contributed by atoms with Gasteiger partial charge in [-0.15, -0.1) is 5.10 Å². The summed E-state index contributed by atoms with van der Waals surface area (Å²) in [5.41, 5.74) is 12.8. The van der Waals surface area contributed by atoms with Crippen molar-refractivity contribution >= 4 is 17.3 Å². The van der Waals surface area contributed by atoms with Crippen molar-refractivity contribution in [2.24, 2.45) is 21.7 Å². The van der Waals surface area contributed by atoms with Gasteiger partial charge in [0, 0.05) is 6.20 Å². The van der Waals surface area contributed by atoms with E-state index in [0.717, 1.165) is 11.3 Å². The molecule has 0 radical (unpaired) electrons. The molecule has 4 N–H and O–H groups in total. The van der Waals surface area contributed by atoms with Crippen LogP contribution in [0, 0.1) is 0 Å². The maximum Gasteiger partial charge on any atom is 0.211 e. The molecule has 0 bridgehead atoms. The molecule has 2 heterocycles. The summed E-state index contributed by atoms with van der Waals surface area (Å²) in [4.78, 5) is 4.24. The first kappa shape index (κ1) is 10.2. The van der Waals surface area contributed by atoms with E-state index >= 15 is 0 Å². The van der Waals surface area contributed by atoms with Gasteiger partial charge in [0.1, 0.15) is 5.65 Å². The summed E-state index contributed by atoms with van der Waals surface area (Å²) in [7, 11) is 0. The third kappa shape index (κ3) is 1.85. The Labute approximate surface area is 92.3 Å². The number of rotatable bonds is 2. The molecule has 0 fully saturated rings. The third-order valence-electron chi connectivity index (χ3n) is 2.10. The van der Waals surface area contributed by atoms with E-state index in [0.29, 0.717) is 5.71 Å². The first-order valence-corrected chi connectivity index (χ1v) is 4.74. The number of nitrogens with two attached hydrogens (primary N) is 2. The molecule has 82 valence electrons. The Morgan fingerprint density at radius 3 is 2.88 bits per heavy atom. The van der Waals surface area contributed by atoms with E-state index in [1.165, 1.54) is 0 Å². The molecule has 0 aromatic carbocycles. The van der Waals surface area contributed by atoms with Crippen molar-refractivity contribution in [3.63, 3.8) is 0 Å². The summed E-state index contributed by atoms with van der Waals surface area (Å²) >= 11 is 0. The lowest BCUT2D eigenvalue weighted by Crippen LogP contribution is -2.22. The molecule has 0 atom stereocenters. The van der Waals surface area contributed by atoms with Crippen molar-refractivity contribution < 1.29 is 0 Å². The fourth-order valence-corrected chi connectivity index (χ4v) is 1.38. The minimum Gasteiger partial charge on any atom is -0.369 e. The van der Waals surface area contributed by atoms with Crippen LogP contribution in [0.5, 0.6) is 0 Å². The van der Waals surface area contributed by atoms with Crippen LogP contribution in [0.1, 0.15) is 12.6 Å². The zero-order valence-corrected chi connectivity index (χ0v) is 8.83. The van der Waals surface area contributed by atoms with Gasteiger partial charge in [0.25, 0.3) is 0 Å². The van der Waals surface area contributed by atoms with Crippen LogP contribution in [0.3, 0.4) is 0 Å². The highest BCUT2D eigenvalue weighted by molar-refractivity contribution is 5.98. The van der Waals surface area contributed by atoms with Gasteiger partial charge in [-0.05, 0) is 19.1 Å². The molecule has 0 aliphatic carbocycles. The van der Waals surface area contributed by atoms with E-state index in [1.54, 1.807) is 6.20 Å². The topological polar surface area (TPSA) is 94.1 Å². The molecule has 0 saturated heterocycles. The van der Waals surface area contributed by atoms with Crippen molar-refractivity contribution in [1.82, 2.24) is 9.38 Å². The van der Waals surface area contributed by atoms with Gasteiger partial charge in [0.2, 0.25) is 5.96 Å². The van der Waals surface area contributed by atoms with Gasteiger partial charge in [-0.1, -0.05) is 6.07 Å². The molecule has 16 heavy (non-hydrogen) atoms. The lowest BCUT2D eigenvalue weighted by molar-refractivity contribution is 1.14. The second-order valence-electron chi connectivity index (χ2n) is 3.28. The average Bonchev–Trinajstić information content (AvgIpc) is 2.69. The molecular formula is C10H12N6. The molecule has 6 nitrogen and oxygen atoms in total. The molecule has 2 rings (SSSR count). The molecule has 0 saturated carbocycles. The van der Waals surface area contributed by atoms with Crippen molar-refractivity contribution in [3.8, 4) is 0 Å². The molecule has 0 spiro atoms. The summed E-state index contributed by atoms with van der Waals surface area (Å²) in [5, 5.41) is 7.52. The van der Waals surface area contributed by atoms with Crippen LogP contribution in [0.2, 0.25) is 0 Å². The fourth-order valence-electron chi connectivity index (χ4n) is 1.38. The Morgan fingerprint density at radius 1 is 1.31 bits per heavy atom. The van der Waals surface area contributed by atoms with E-state index in [1.807, 2.05) is 35.7 Å². The molecule has 2 aromatic heterocycles. The number of guanidine groups is 1. The van der Waals surface area contributed by atoms with Gasteiger partial charge in [0.15, 0.2) is 0 Å². The number of aromatic nitrogens is 2. The van der Waals surface area contributed by atoms with E-state index in [9.17, 15) is 0 Å². The van der Waals surface area contributed by atoms with Crippen LogP contribution in [-0.4, -0.2) is 21.1 Å². The van der Waals surface area contributed by atoms with Gasteiger partial charge >= 0.3 is 0 Å². The summed E-state index contributed by atoms with van der Waals surface area (Å²) in [6.07, 6.45) is 3.64. The van der Waals surface area contributed by atoms with Crippen molar-refractivity contribution in [1.29, 1.82) is 0 Å². The Kier molecular flexibility index (Phi) is 2.55. The number of hydrogen-bond acceptors (Lipinski definition) is 3. The minimum absolute atomic E-state index is 0.0619. The Bertz CT molecular complexity index is 561. The van der Waals surface area contributed by atoms with Gasteiger partial charge in [-0.3, -0.25) is 4.40 Å². The Morgan fingerprint density at radius 2 is 2.12 bits per heavy atom. The lowest BCUT2D eigenvalue weighted by atomic mass is 10.3. The Balaban J connectivity index is 2.48. The van der Waals surface area contributed by atoms with Gasteiger partial charge in [-0.25, -0.2) is 4.98 Å². The normalized spacial score (nSPS) is 11.7. The number of fused-ring (bicyclic) bond motifs is 1. The van der Waals surface area contributed by atoms with E-state index in [-0.39, 0.29) is 5.96 Å². The number of imidazole rings is 1. The monoisotopic (exact) mass is 216 g/mol. The van der Waals surface area contributed by atoms with Crippen molar-refractivity contribution in [2.75, 3.05) is 0 Å². The van der Waals surface area contributed by atoms with Crippen molar-refractivity contribution in [3.05, 3.63) is 36.3 Å². The molecule has 6 heteroatoms. The minimum atomic E-state index is -0.0619. The van der Waals surface area contributed by atoms with Crippen LogP contribution in [-0.2, 0) is 0 Å². The first-order chi connectivity index (χ1) is 7.68. The summed E-state index contributed by atoms with van der Waals surface area (Å²) in [5.74, 6) is -0.0619. The van der Waals surface area contributed by atoms with E-state index in [4.69, 9.17) is 11.5 Å². The van der Waals surface area contributed by atoms with Gasteiger partial charge in [-0.2, -0.15) is 5.10 Å². The highest BCUT2D eigenvalue weighted by Crippen LogP contribution is 2.07. The van der Waals surface area contributed by atoms with Crippen LogP contribution >= 0.6 is 0 Å². The Hall–Kier alpha value is -2.37. The molecule has 0 unspecified atom stereocenters. The zero-order chi connectivity index (χ0) is 11.5. The lowest BCUT2D eigenvalue weighted by Gasteiger charge is -1.98. The van der Waals surface area contributed by atoms with Gasteiger partial charge in [0.05, 0.1) is 17.6 Å². The summed E-state index contributed by atoms with van der Waals surface area (Å²) in [6.45, 7) is 1.82. The number of hydrogen-bond donors (Lipinski definition) is 2. The summed E-state index contributed by atoms with van der Waals surface area (Å²) < 4.78 is 1.92. The molecule has 0 aliphatic heterocycles. The highest BCUT2D eigenvalue weighted by Gasteiger charge is 2.04. The smallest absolute Gasteiger partial charge is 0.211 e. The zero-order valence-electron chi connectivity index (χ0n) is 8.83. The average molecular weight is 216 g/mol. The van der Waals surface area contributed by atoms with Crippen LogP contribution in [0.25, 0.3) is 5.65 Å².